The molecule has 2 aromatic rings. The lowest BCUT2D eigenvalue weighted by Crippen LogP contribution is -2.45. The minimum atomic E-state index is -3.32. The summed E-state index contributed by atoms with van der Waals surface area (Å²) in [5.41, 5.74) is 1.75. The Morgan fingerprint density at radius 2 is 1.77 bits per heavy atom. The Bertz CT molecular complexity index is 1040. The summed E-state index contributed by atoms with van der Waals surface area (Å²) >= 11 is 0. The van der Waals surface area contributed by atoms with Crippen molar-refractivity contribution in [1.29, 1.82) is 0 Å². The van der Waals surface area contributed by atoms with E-state index in [2.05, 4.69) is 5.32 Å². The number of nitrogens with one attached hydrogen (secondary N) is 1. The maximum absolute atomic E-state index is 13.1. The van der Waals surface area contributed by atoms with Gasteiger partial charge in [-0.05, 0) is 18.1 Å². The Morgan fingerprint density at radius 3 is 2.33 bits per heavy atom. The molecule has 1 aliphatic heterocycles. The number of nitrogens with zero attached hydrogens (tertiary/aromatic N) is 1. The standard InChI is InChI=1S/C21H24N2O6S/c1-28-16-10-15(11-17(12-16)29-2)22-20(24)19(8-9-30(3,26)27)23-13-14-6-4-5-7-18(14)21(23)25/h4-7,10-12,19H,8-9,13H2,1-3H3,(H,22,24)/t19-/m0/s1. The zero-order chi connectivity index (χ0) is 21.9. The van der Waals surface area contributed by atoms with Crippen LogP contribution in [0, 0.1) is 0 Å². The van der Waals surface area contributed by atoms with Gasteiger partial charge in [0, 0.05) is 42.3 Å². The van der Waals surface area contributed by atoms with Crippen molar-refractivity contribution < 1.29 is 27.5 Å². The van der Waals surface area contributed by atoms with E-state index in [4.69, 9.17) is 9.47 Å². The van der Waals surface area contributed by atoms with Gasteiger partial charge in [-0.1, -0.05) is 18.2 Å². The molecule has 160 valence electrons. The van der Waals surface area contributed by atoms with Crippen LogP contribution in [0.2, 0.25) is 0 Å². The van der Waals surface area contributed by atoms with Gasteiger partial charge in [-0.15, -0.1) is 0 Å². The van der Waals surface area contributed by atoms with Gasteiger partial charge in [0.1, 0.15) is 27.4 Å². The first-order valence-corrected chi connectivity index (χ1v) is 11.4. The number of anilines is 1. The highest BCUT2D eigenvalue weighted by atomic mass is 32.2. The van der Waals surface area contributed by atoms with Crippen LogP contribution in [0.25, 0.3) is 0 Å². The van der Waals surface area contributed by atoms with E-state index in [9.17, 15) is 18.0 Å². The Kier molecular flexibility index (Phi) is 6.31. The molecular weight excluding hydrogens is 408 g/mol. The second-order valence-electron chi connectivity index (χ2n) is 7.12. The number of hydrogen-bond acceptors (Lipinski definition) is 6. The Balaban J connectivity index is 1.87. The fourth-order valence-corrected chi connectivity index (χ4v) is 4.04. The van der Waals surface area contributed by atoms with Crippen LogP contribution >= 0.6 is 0 Å². The van der Waals surface area contributed by atoms with Crippen LogP contribution in [0.15, 0.2) is 42.5 Å². The molecule has 9 heteroatoms. The summed E-state index contributed by atoms with van der Waals surface area (Å²) in [6.07, 6.45) is 1.10. The first kappa shape index (κ1) is 21.6. The highest BCUT2D eigenvalue weighted by molar-refractivity contribution is 7.90. The van der Waals surface area contributed by atoms with Gasteiger partial charge in [-0.3, -0.25) is 9.59 Å². The Hall–Kier alpha value is -3.07. The summed E-state index contributed by atoms with van der Waals surface area (Å²) in [5.74, 6) is -0.00585. The molecule has 1 N–H and O–H groups in total. The van der Waals surface area contributed by atoms with Gasteiger partial charge in [0.2, 0.25) is 5.91 Å². The van der Waals surface area contributed by atoms with Gasteiger partial charge < -0.3 is 19.7 Å². The van der Waals surface area contributed by atoms with Crippen LogP contribution in [-0.4, -0.2) is 57.4 Å². The van der Waals surface area contributed by atoms with Crippen LogP contribution < -0.4 is 14.8 Å². The molecule has 0 fully saturated rings. The lowest BCUT2D eigenvalue weighted by atomic mass is 10.1. The van der Waals surface area contributed by atoms with Crippen molar-refractivity contribution in [2.45, 2.75) is 19.0 Å². The van der Waals surface area contributed by atoms with Gasteiger partial charge >= 0.3 is 0 Å². The molecule has 1 heterocycles. The third kappa shape index (κ3) is 4.91. The molecule has 0 spiro atoms. The van der Waals surface area contributed by atoms with Crippen LogP contribution in [0.1, 0.15) is 22.3 Å². The molecule has 30 heavy (non-hydrogen) atoms. The fraction of sp³-hybridized carbons (Fsp3) is 0.333. The van der Waals surface area contributed by atoms with E-state index in [1.165, 1.54) is 19.1 Å². The van der Waals surface area contributed by atoms with Gasteiger partial charge in [-0.2, -0.15) is 0 Å². The first-order valence-electron chi connectivity index (χ1n) is 9.32. The van der Waals surface area contributed by atoms with Crippen molar-refractivity contribution in [2.24, 2.45) is 0 Å². The molecule has 0 saturated heterocycles. The Labute approximate surface area is 175 Å². The van der Waals surface area contributed by atoms with Crippen LogP contribution in [0.3, 0.4) is 0 Å². The second kappa shape index (κ2) is 8.74. The average molecular weight is 432 g/mol. The number of sulfone groups is 1. The molecule has 2 amide bonds. The quantitative estimate of drug-likeness (QED) is 0.685. The van der Waals surface area contributed by atoms with Gasteiger partial charge in [0.15, 0.2) is 0 Å². The van der Waals surface area contributed by atoms with Crippen molar-refractivity contribution in [3.8, 4) is 11.5 Å². The van der Waals surface area contributed by atoms with Crippen LogP contribution in [0.4, 0.5) is 5.69 Å². The molecule has 0 unspecified atom stereocenters. The highest BCUT2D eigenvalue weighted by Gasteiger charge is 2.36. The van der Waals surface area contributed by atoms with Crippen LogP contribution in [-0.2, 0) is 21.2 Å². The summed E-state index contributed by atoms with van der Waals surface area (Å²) in [6.45, 7) is 0.248. The number of benzene rings is 2. The molecule has 0 aromatic heterocycles. The summed E-state index contributed by atoms with van der Waals surface area (Å²) in [5, 5.41) is 2.76. The fourth-order valence-electron chi connectivity index (χ4n) is 3.39. The van der Waals surface area contributed by atoms with Gasteiger partial charge in [0.05, 0.1) is 20.0 Å². The monoisotopic (exact) mass is 432 g/mol. The molecule has 0 aliphatic carbocycles. The summed E-state index contributed by atoms with van der Waals surface area (Å²) in [6, 6.07) is 11.1. The number of methoxy groups -OCH3 is 2. The topological polar surface area (TPSA) is 102 Å². The van der Waals surface area contributed by atoms with Gasteiger partial charge in [-0.25, -0.2) is 8.42 Å². The lowest BCUT2D eigenvalue weighted by molar-refractivity contribution is -0.120. The predicted molar refractivity (Wildman–Crippen MR) is 113 cm³/mol. The zero-order valence-electron chi connectivity index (χ0n) is 17.0. The van der Waals surface area contributed by atoms with Crippen molar-refractivity contribution >= 4 is 27.3 Å². The number of hydrogen-bond donors (Lipinski definition) is 1. The SMILES string of the molecule is COc1cc(NC(=O)[C@H](CCS(C)(=O)=O)N2Cc3ccccc3C2=O)cc(OC)c1. The molecule has 2 aromatic carbocycles. The number of fused-ring (bicyclic) bond motifs is 1. The van der Waals surface area contributed by atoms with Crippen molar-refractivity contribution in [3.05, 3.63) is 53.6 Å². The third-order valence-corrected chi connectivity index (χ3v) is 5.89. The molecular formula is C21H24N2O6S. The van der Waals surface area contributed by atoms with E-state index < -0.39 is 21.8 Å². The third-order valence-electron chi connectivity index (χ3n) is 4.91. The van der Waals surface area contributed by atoms with Gasteiger partial charge in [0.25, 0.3) is 5.91 Å². The number of amides is 2. The van der Waals surface area contributed by atoms with Crippen molar-refractivity contribution in [1.82, 2.24) is 4.90 Å². The maximum Gasteiger partial charge on any atom is 0.255 e. The molecule has 1 atom stereocenters. The van der Waals surface area contributed by atoms with E-state index in [0.29, 0.717) is 22.7 Å². The largest absolute Gasteiger partial charge is 0.497 e. The summed E-state index contributed by atoms with van der Waals surface area (Å²) in [7, 11) is -0.328. The van der Waals surface area contributed by atoms with E-state index >= 15 is 0 Å². The predicted octanol–water partition coefficient (Wildman–Crippen LogP) is 2.10. The normalized spacial score (nSPS) is 14.2. The second-order valence-corrected chi connectivity index (χ2v) is 9.37. The summed E-state index contributed by atoms with van der Waals surface area (Å²) < 4.78 is 33.9. The lowest BCUT2D eigenvalue weighted by Gasteiger charge is -2.27. The molecule has 0 radical (unpaired) electrons. The molecule has 1 aliphatic rings. The summed E-state index contributed by atoms with van der Waals surface area (Å²) in [4.78, 5) is 27.4. The number of ether oxygens (including phenoxy) is 2. The van der Waals surface area contributed by atoms with Crippen molar-refractivity contribution in [3.63, 3.8) is 0 Å². The first-order chi connectivity index (χ1) is 14.2. The van der Waals surface area contributed by atoms with E-state index in [-0.39, 0.29) is 24.6 Å². The molecule has 0 bridgehead atoms. The minimum absolute atomic E-state index is 0.00843. The molecule has 8 nitrogen and oxygen atoms in total. The maximum atomic E-state index is 13.1. The minimum Gasteiger partial charge on any atom is -0.497 e. The van der Waals surface area contributed by atoms with E-state index in [0.717, 1.165) is 11.8 Å². The highest BCUT2D eigenvalue weighted by Crippen LogP contribution is 2.28. The Morgan fingerprint density at radius 1 is 1.13 bits per heavy atom. The number of carbonyl (C=O) groups excluding carboxylic acids is 2. The number of carbonyl (C=O) groups is 2. The average Bonchev–Trinajstić information content (AvgIpc) is 3.03. The van der Waals surface area contributed by atoms with E-state index in [1.807, 2.05) is 12.1 Å². The zero-order valence-corrected chi connectivity index (χ0v) is 17.9. The molecule has 0 saturated carbocycles. The van der Waals surface area contributed by atoms with Crippen LogP contribution in [0.5, 0.6) is 11.5 Å². The molecule has 3 rings (SSSR count). The number of rotatable bonds is 8. The van der Waals surface area contributed by atoms with E-state index in [1.54, 1.807) is 30.3 Å². The van der Waals surface area contributed by atoms with Crippen molar-refractivity contribution in [2.75, 3.05) is 31.5 Å². The smallest absolute Gasteiger partial charge is 0.255 e.